The maximum Gasteiger partial charge on any atom is 0.275 e. The first-order valence-corrected chi connectivity index (χ1v) is 12.7. The van der Waals surface area contributed by atoms with E-state index in [2.05, 4.69) is 16.0 Å². The van der Waals surface area contributed by atoms with Crippen molar-refractivity contribution in [1.29, 1.82) is 0 Å². The van der Waals surface area contributed by atoms with Gasteiger partial charge < -0.3 is 20.5 Å². The first kappa shape index (κ1) is 28.1. The van der Waals surface area contributed by atoms with Crippen LogP contribution < -0.4 is 21.5 Å². The Hall–Kier alpha value is -4.89. The second kappa shape index (κ2) is 12.3. The Morgan fingerprint density at radius 1 is 0.850 bits per heavy atom. The van der Waals surface area contributed by atoms with Crippen molar-refractivity contribution in [2.45, 2.75) is 19.5 Å². The molecule has 1 atom stereocenters. The zero-order valence-electron chi connectivity index (χ0n) is 22.3. The highest BCUT2D eigenvalue weighted by Crippen LogP contribution is 2.23. The summed E-state index contributed by atoms with van der Waals surface area (Å²) >= 11 is 0. The molecule has 3 N–H and O–H groups in total. The maximum atomic E-state index is 13.7. The fourth-order valence-electron chi connectivity index (χ4n) is 4.18. The summed E-state index contributed by atoms with van der Waals surface area (Å²) in [5.41, 5.74) is 2.59. The molecule has 0 radical (unpaired) electrons. The number of anilines is 1. The van der Waals surface area contributed by atoms with E-state index < -0.39 is 17.4 Å². The number of hydrogen-bond acceptors (Lipinski definition) is 5. The van der Waals surface area contributed by atoms with Gasteiger partial charge in [0.25, 0.3) is 11.5 Å². The summed E-state index contributed by atoms with van der Waals surface area (Å²) in [6.45, 7) is 1.75. The van der Waals surface area contributed by atoms with E-state index in [0.29, 0.717) is 33.5 Å². The van der Waals surface area contributed by atoms with Gasteiger partial charge in [-0.25, -0.2) is 4.39 Å². The van der Waals surface area contributed by atoms with E-state index in [1.165, 1.54) is 41.9 Å². The average molecular weight is 541 g/mol. The molecule has 8 nitrogen and oxygen atoms in total. The zero-order chi connectivity index (χ0) is 28.8. The van der Waals surface area contributed by atoms with Crippen LogP contribution in [0.15, 0.2) is 89.7 Å². The lowest BCUT2D eigenvalue weighted by Gasteiger charge is -2.17. The number of nitrogens with one attached hydrogen (secondary N) is 3. The van der Waals surface area contributed by atoms with E-state index in [0.717, 1.165) is 0 Å². The van der Waals surface area contributed by atoms with Crippen molar-refractivity contribution in [1.82, 2.24) is 15.2 Å². The monoisotopic (exact) mass is 540 g/mol. The molecule has 0 spiro atoms. The van der Waals surface area contributed by atoms with Crippen LogP contribution in [-0.4, -0.2) is 42.3 Å². The Labute approximate surface area is 230 Å². The van der Waals surface area contributed by atoms with Gasteiger partial charge in [0.2, 0.25) is 5.91 Å². The van der Waals surface area contributed by atoms with Gasteiger partial charge in [-0.05, 0) is 79.7 Å². The van der Waals surface area contributed by atoms with Gasteiger partial charge in [0.05, 0.1) is 18.3 Å². The van der Waals surface area contributed by atoms with Crippen LogP contribution in [0.3, 0.4) is 0 Å². The van der Waals surface area contributed by atoms with Crippen LogP contribution in [0.5, 0.6) is 0 Å². The van der Waals surface area contributed by atoms with E-state index in [1.807, 2.05) is 0 Å². The van der Waals surface area contributed by atoms with Gasteiger partial charge in [-0.3, -0.25) is 19.2 Å². The Balaban J connectivity index is 1.78. The number of rotatable bonds is 9. The van der Waals surface area contributed by atoms with Crippen LogP contribution in [0, 0.1) is 5.82 Å². The third-order valence-electron chi connectivity index (χ3n) is 6.54. The van der Waals surface area contributed by atoms with Crippen molar-refractivity contribution in [3.8, 4) is 11.3 Å². The fraction of sp³-hybridized carbons (Fsp3) is 0.161. The molecule has 0 bridgehead atoms. The molecular weight excluding hydrogens is 511 g/mol. The first-order valence-electron chi connectivity index (χ1n) is 12.7. The molecule has 1 aromatic heterocycles. The number of aromatic nitrogens is 1. The lowest BCUT2D eigenvalue weighted by atomic mass is 10.0. The lowest BCUT2D eigenvalue weighted by molar-refractivity contribution is -0.117. The summed E-state index contributed by atoms with van der Waals surface area (Å²) in [6, 6.07) is 21.7. The summed E-state index contributed by atoms with van der Waals surface area (Å²) in [5.74, 6) is -1.36. The van der Waals surface area contributed by atoms with Crippen LogP contribution in [0.2, 0.25) is 0 Å². The third kappa shape index (κ3) is 6.22. The number of halogens is 1. The van der Waals surface area contributed by atoms with Crippen molar-refractivity contribution in [2.75, 3.05) is 19.4 Å². The number of nitrogens with zero attached hydrogens (tertiary/aromatic N) is 1. The second-order valence-electron chi connectivity index (χ2n) is 9.22. The predicted octanol–water partition coefficient (Wildman–Crippen LogP) is 3.84. The number of ketones is 1. The van der Waals surface area contributed by atoms with Gasteiger partial charge in [0.15, 0.2) is 5.78 Å². The van der Waals surface area contributed by atoms with Crippen LogP contribution >= 0.6 is 0 Å². The first-order chi connectivity index (χ1) is 19.2. The van der Waals surface area contributed by atoms with E-state index in [9.17, 15) is 23.6 Å². The Kier molecular flexibility index (Phi) is 8.66. The molecule has 0 unspecified atom stereocenters. The summed E-state index contributed by atoms with van der Waals surface area (Å²) < 4.78 is 14.8. The van der Waals surface area contributed by atoms with Crippen LogP contribution in [0.1, 0.15) is 38.8 Å². The number of likely N-dealkylation sites (N-methyl/N-ethyl adjacent to an activating group) is 1. The molecule has 0 saturated heterocycles. The Morgan fingerprint density at radius 3 is 2.25 bits per heavy atom. The SMILES string of the molecule is CNC(=O)c1cccc(-c2ccc(NC(=O)[C@H](C)NC)c(=O)n2Cc2cccc(C(=O)c3ccc(F)cc3)c2)c1. The van der Waals surface area contributed by atoms with E-state index in [1.54, 1.807) is 68.6 Å². The van der Waals surface area contributed by atoms with E-state index >= 15 is 0 Å². The van der Waals surface area contributed by atoms with Crippen molar-refractivity contribution in [3.05, 3.63) is 123 Å². The molecule has 4 rings (SSSR count). The number of carbonyl (C=O) groups is 3. The molecule has 204 valence electrons. The molecular formula is C31H29FN4O4. The summed E-state index contributed by atoms with van der Waals surface area (Å²) in [7, 11) is 3.18. The van der Waals surface area contributed by atoms with Crippen LogP contribution in [-0.2, 0) is 11.3 Å². The molecule has 2 amide bonds. The van der Waals surface area contributed by atoms with Crippen molar-refractivity contribution >= 4 is 23.3 Å². The Morgan fingerprint density at radius 2 is 1.55 bits per heavy atom. The molecule has 1 heterocycles. The van der Waals surface area contributed by atoms with Gasteiger partial charge in [-0.15, -0.1) is 0 Å². The highest BCUT2D eigenvalue weighted by molar-refractivity contribution is 6.09. The minimum Gasteiger partial charge on any atom is -0.355 e. The van der Waals surface area contributed by atoms with Gasteiger partial charge in [0, 0.05) is 23.7 Å². The highest BCUT2D eigenvalue weighted by atomic mass is 19.1. The molecule has 9 heteroatoms. The molecule has 0 fully saturated rings. The highest BCUT2D eigenvalue weighted by Gasteiger charge is 2.17. The smallest absolute Gasteiger partial charge is 0.275 e. The quantitative estimate of drug-likeness (QED) is 0.280. The topological polar surface area (TPSA) is 109 Å². The average Bonchev–Trinajstić information content (AvgIpc) is 2.98. The van der Waals surface area contributed by atoms with Gasteiger partial charge >= 0.3 is 0 Å². The molecule has 40 heavy (non-hydrogen) atoms. The van der Waals surface area contributed by atoms with Crippen molar-refractivity contribution in [3.63, 3.8) is 0 Å². The lowest BCUT2D eigenvalue weighted by Crippen LogP contribution is -2.37. The van der Waals surface area contributed by atoms with E-state index in [-0.39, 0.29) is 29.8 Å². The van der Waals surface area contributed by atoms with Gasteiger partial charge in [-0.2, -0.15) is 0 Å². The second-order valence-corrected chi connectivity index (χ2v) is 9.22. The Bertz CT molecular complexity index is 1630. The predicted molar refractivity (Wildman–Crippen MR) is 152 cm³/mol. The third-order valence-corrected chi connectivity index (χ3v) is 6.54. The maximum absolute atomic E-state index is 13.7. The molecule has 0 saturated carbocycles. The summed E-state index contributed by atoms with van der Waals surface area (Å²) in [4.78, 5) is 51.5. The molecule has 0 aliphatic heterocycles. The van der Waals surface area contributed by atoms with Crippen molar-refractivity contribution in [2.24, 2.45) is 0 Å². The minimum absolute atomic E-state index is 0.0776. The molecule has 3 aromatic carbocycles. The summed E-state index contributed by atoms with van der Waals surface area (Å²) in [5, 5.41) is 8.11. The number of benzene rings is 3. The largest absolute Gasteiger partial charge is 0.355 e. The molecule has 4 aromatic rings. The fourth-order valence-corrected chi connectivity index (χ4v) is 4.18. The van der Waals surface area contributed by atoms with Crippen molar-refractivity contribution < 1.29 is 18.8 Å². The zero-order valence-corrected chi connectivity index (χ0v) is 22.3. The van der Waals surface area contributed by atoms with Gasteiger partial charge in [0.1, 0.15) is 11.5 Å². The number of amides is 2. The normalized spacial score (nSPS) is 11.5. The van der Waals surface area contributed by atoms with E-state index in [4.69, 9.17) is 0 Å². The standard InChI is InChI=1S/C31H29FN4O4/c1-19(33-2)29(38)35-26-14-15-27(22-7-5-9-24(17-22)30(39)34-3)36(31(26)40)18-20-6-4-8-23(16-20)28(37)21-10-12-25(32)13-11-21/h4-17,19,33H,18H2,1-3H3,(H,34,39)(H,35,38)/t19-/m0/s1. The van der Waals surface area contributed by atoms with Gasteiger partial charge in [-0.1, -0.05) is 30.3 Å². The molecule has 0 aliphatic rings. The number of pyridine rings is 1. The number of hydrogen-bond donors (Lipinski definition) is 3. The van der Waals surface area contributed by atoms with Crippen LogP contribution in [0.4, 0.5) is 10.1 Å². The minimum atomic E-state index is -0.522. The number of carbonyl (C=O) groups excluding carboxylic acids is 3. The molecule has 0 aliphatic carbocycles. The summed E-state index contributed by atoms with van der Waals surface area (Å²) in [6.07, 6.45) is 0. The van der Waals surface area contributed by atoms with Crippen LogP contribution in [0.25, 0.3) is 11.3 Å².